The normalized spacial score (nSPS) is 24.9. The smallest absolute Gasteiger partial charge is 0.455 e. The molecule has 2 aliphatic heterocycles. The molecule has 2 fully saturated rings. The molecule has 0 radical (unpaired) electrons. The van der Waals surface area contributed by atoms with Gasteiger partial charge in [-0.1, -0.05) is 18.6 Å². The third kappa shape index (κ3) is 5.15. The third-order valence-corrected chi connectivity index (χ3v) is 8.16. The summed E-state index contributed by atoms with van der Waals surface area (Å²) >= 11 is 0. The number of hydrogen-bond acceptors (Lipinski definition) is 9. The number of nitro groups is 1. The van der Waals surface area contributed by atoms with Crippen LogP contribution >= 0.6 is 0 Å². The van der Waals surface area contributed by atoms with Crippen molar-refractivity contribution in [3.8, 4) is 0 Å². The number of anilines is 1. The third-order valence-electron chi connectivity index (χ3n) is 8.16. The number of hydrogen-bond donors (Lipinski definition) is 3. The number of aliphatic hydroxyl groups excluding tert-OH is 2. The first-order valence-corrected chi connectivity index (χ1v) is 13.4. The van der Waals surface area contributed by atoms with E-state index in [4.69, 9.17) is 9.07 Å². The Balaban J connectivity index is 1.42. The summed E-state index contributed by atoms with van der Waals surface area (Å²) in [5.74, 6) is -1.85. The predicted octanol–water partition coefficient (Wildman–Crippen LogP) is 3.25. The van der Waals surface area contributed by atoms with E-state index in [0.29, 0.717) is 29.9 Å². The van der Waals surface area contributed by atoms with E-state index < -0.39 is 47.7 Å². The van der Waals surface area contributed by atoms with Crippen molar-refractivity contribution in [2.24, 2.45) is 17.8 Å². The highest BCUT2D eigenvalue weighted by Gasteiger charge is 2.57. The molecule has 4 atom stereocenters. The number of benzene rings is 1. The lowest BCUT2D eigenvalue weighted by molar-refractivity contribution is -0.384. The predicted molar refractivity (Wildman–Crippen MR) is 145 cm³/mol. The van der Waals surface area contributed by atoms with Crippen LogP contribution in [0.2, 0.25) is 6.32 Å². The molecule has 2 saturated heterocycles. The van der Waals surface area contributed by atoms with E-state index in [0.717, 1.165) is 22.5 Å². The summed E-state index contributed by atoms with van der Waals surface area (Å²) in [5.41, 5.74) is 2.35. The van der Waals surface area contributed by atoms with Crippen molar-refractivity contribution in [3.63, 3.8) is 0 Å². The van der Waals surface area contributed by atoms with Crippen LogP contribution in [0, 0.1) is 27.9 Å². The van der Waals surface area contributed by atoms with Crippen LogP contribution in [0.4, 0.5) is 11.4 Å². The Morgan fingerprint density at radius 3 is 2.65 bits per heavy atom. The van der Waals surface area contributed by atoms with Crippen LogP contribution in [0.3, 0.4) is 0 Å². The number of rotatable bonds is 9. The van der Waals surface area contributed by atoms with Crippen LogP contribution in [0.5, 0.6) is 0 Å². The molecule has 2 aromatic rings. The van der Waals surface area contributed by atoms with Crippen molar-refractivity contribution >= 4 is 36.4 Å². The zero-order valence-corrected chi connectivity index (χ0v) is 22.1. The Morgan fingerprint density at radius 1 is 1.18 bits per heavy atom. The van der Waals surface area contributed by atoms with Crippen LogP contribution in [0.25, 0.3) is 6.08 Å². The summed E-state index contributed by atoms with van der Waals surface area (Å²) in [7, 11) is -1.15. The molecule has 40 heavy (non-hydrogen) atoms. The Bertz CT molecular complexity index is 1380. The first kappa shape index (κ1) is 28.0. The first-order chi connectivity index (χ1) is 19.2. The van der Waals surface area contributed by atoms with Crippen molar-refractivity contribution in [1.82, 2.24) is 0 Å². The lowest BCUT2D eigenvalue weighted by Crippen LogP contribution is -2.46. The van der Waals surface area contributed by atoms with E-state index >= 15 is 0 Å². The highest BCUT2D eigenvalue weighted by atomic mass is 16.6. The fraction of sp³-hybridized carbons (Fsp3) is 0.429. The van der Waals surface area contributed by atoms with Gasteiger partial charge >= 0.3 is 7.12 Å². The second-order valence-corrected chi connectivity index (χ2v) is 10.4. The van der Waals surface area contributed by atoms with Crippen molar-refractivity contribution in [1.29, 1.82) is 0 Å². The molecule has 12 heteroatoms. The second kappa shape index (κ2) is 11.5. The molecule has 3 aliphatic rings. The average molecular weight is 550 g/mol. The number of imide groups is 1. The van der Waals surface area contributed by atoms with Crippen LogP contribution in [-0.4, -0.2) is 51.8 Å². The van der Waals surface area contributed by atoms with Gasteiger partial charge in [0, 0.05) is 12.1 Å². The Kier molecular flexibility index (Phi) is 8.04. The molecule has 1 aliphatic carbocycles. The minimum absolute atomic E-state index is 0.102. The summed E-state index contributed by atoms with van der Waals surface area (Å²) < 4.78 is 11.5. The number of nitro benzene ring substituents is 1. The number of fused-ring (bicyclic) bond motifs is 3. The molecule has 3 heterocycles. The quantitative estimate of drug-likeness (QED) is 0.140. The topological polar surface area (TPSA) is 164 Å². The van der Waals surface area contributed by atoms with Crippen LogP contribution < -0.4 is 4.90 Å². The first-order valence-electron chi connectivity index (χ1n) is 13.4. The van der Waals surface area contributed by atoms with Gasteiger partial charge in [-0.05, 0) is 73.3 Å². The monoisotopic (exact) mass is 550 g/mol. The van der Waals surface area contributed by atoms with Crippen LogP contribution in [-0.2, 0) is 20.9 Å². The van der Waals surface area contributed by atoms with E-state index in [-0.39, 0.29) is 37.3 Å². The van der Waals surface area contributed by atoms with Gasteiger partial charge in [0.15, 0.2) is 0 Å². The Hall–Kier alpha value is -3.58. The van der Waals surface area contributed by atoms with Gasteiger partial charge in [0.1, 0.15) is 18.1 Å². The number of aliphatic hydroxyl groups is 2. The van der Waals surface area contributed by atoms with E-state index in [1.165, 1.54) is 24.3 Å². The van der Waals surface area contributed by atoms with Crippen molar-refractivity contribution in [3.05, 3.63) is 74.8 Å². The van der Waals surface area contributed by atoms with E-state index in [9.17, 15) is 34.9 Å². The van der Waals surface area contributed by atoms with Gasteiger partial charge in [-0.15, -0.1) is 0 Å². The highest BCUT2D eigenvalue weighted by Crippen LogP contribution is 2.51. The van der Waals surface area contributed by atoms with Gasteiger partial charge in [-0.2, -0.15) is 0 Å². The van der Waals surface area contributed by atoms with Gasteiger partial charge < -0.3 is 24.3 Å². The summed E-state index contributed by atoms with van der Waals surface area (Å²) in [5, 5.41) is 41.5. The fourth-order valence-electron chi connectivity index (χ4n) is 6.34. The molecule has 0 bridgehead atoms. The minimum Gasteiger partial charge on any atom is -0.459 e. The minimum atomic E-state index is -1.15. The number of furan rings is 1. The summed E-state index contributed by atoms with van der Waals surface area (Å²) in [6, 6.07) is 8.90. The van der Waals surface area contributed by atoms with E-state index in [1.54, 1.807) is 12.1 Å². The van der Waals surface area contributed by atoms with Crippen molar-refractivity contribution in [2.45, 2.75) is 51.6 Å². The molecule has 0 saturated carbocycles. The van der Waals surface area contributed by atoms with Gasteiger partial charge in [-0.3, -0.25) is 19.7 Å². The average Bonchev–Trinajstić information content (AvgIpc) is 3.51. The number of non-ortho nitro benzene ring substituents is 1. The standard InChI is InChI=1S/C28H31BN2O9/c1-2-16(10-20-7-8-21(15-33)39-20)6-9-24-25-17(14-32)11-22-26(23(25)13-29(36)40-24)28(35)30(27(22)34)18-4-3-5-19(12-18)31(37)38/h3-5,7-8,10,12,22-24,26,32-33,36H,2,6,9,11,13-15H2,1H3/b16-10+/t22-,23+,24-,26-/m1/s1. The maximum absolute atomic E-state index is 13.7. The largest absolute Gasteiger partial charge is 0.459 e. The summed E-state index contributed by atoms with van der Waals surface area (Å²) in [4.78, 5) is 38.9. The molecule has 1 aromatic carbocycles. The number of amides is 2. The molecule has 0 spiro atoms. The highest BCUT2D eigenvalue weighted by molar-refractivity contribution is 6.43. The maximum atomic E-state index is 13.7. The summed E-state index contributed by atoms with van der Waals surface area (Å²) in [6.07, 6.45) is 3.43. The number of nitrogens with zero attached hydrogens (tertiary/aromatic N) is 2. The molecule has 210 valence electrons. The van der Waals surface area contributed by atoms with E-state index in [1.807, 2.05) is 13.0 Å². The maximum Gasteiger partial charge on any atom is 0.455 e. The van der Waals surface area contributed by atoms with Crippen LogP contribution in [0.15, 0.2) is 57.5 Å². The zero-order chi connectivity index (χ0) is 28.6. The SMILES string of the molecule is CC/C(=C\c1ccc(CO)o1)CC[C@H]1OB(O)C[C@H]2C1=C(CO)C[C@H]1C(=O)N(c3cccc([N+](=O)[O-])c3)C(=O)[C@H]12. The molecule has 0 unspecified atom stereocenters. The fourth-order valence-corrected chi connectivity index (χ4v) is 6.34. The second-order valence-electron chi connectivity index (χ2n) is 10.4. The lowest BCUT2D eigenvalue weighted by Gasteiger charge is -2.42. The molecule has 5 rings (SSSR count). The Labute approximate surface area is 231 Å². The molecule has 2 amide bonds. The van der Waals surface area contributed by atoms with Gasteiger partial charge in [-0.25, -0.2) is 4.90 Å². The van der Waals surface area contributed by atoms with Gasteiger partial charge in [0.25, 0.3) is 5.69 Å². The zero-order valence-electron chi connectivity index (χ0n) is 22.1. The molecule has 1 aromatic heterocycles. The van der Waals surface area contributed by atoms with Gasteiger partial charge in [0.2, 0.25) is 11.8 Å². The lowest BCUT2D eigenvalue weighted by atomic mass is 9.58. The molecule has 11 nitrogen and oxygen atoms in total. The molecular formula is C28H31BN2O9. The molecular weight excluding hydrogens is 519 g/mol. The van der Waals surface area contributed by atoms with Crippen molar-refractivity contribution < 1.29 is 38.8 Å². The van der Waals surface area contributed by atoms with Gasteiger partial charge in [0.05, 0.1) is 35.2 Å². The van der Waals surface area contributed by atoms with Crippen LogP contribution in [0.1, 0.15) is 44.1 Å². The Morgan fingerprint density at radius 2 is 1.98 bits per heavy atom. The number of carbonyl (C=O) groups is 2. The summed E-state index contributed by atoms with van der Waals surface area (Å²) in [6.45, 7) is 1.51. The number of allylic oxidation sites excluding steroid dienone is 1. The van der Waals surface area contributed by atoms with E-state index in [2.05, 4.69) is 0 Å². The van der Waals surface area contributed by atoms with Crippen molar-refractivity contribution in [2.75, 3.05) is 11.5 Å². The number of carbonyl (C=O) groups excluding carboxylic acids is 2. The molecule has 3 N–H and O–H groups in total.